The summed E-state index contributed by atoms with van der Waals surface area (Å²) in [6.07, 6.45) is 0. The minimum absolute atomic E-state index is 0.362. The van der Waals surface area contributed by atoms with E-state index < -0.39 is 10.0 Å². The first-order valence-electron chi connectivity index (χ1n) is 6.34. The summed E-state index contributed by atoms with van der Waals surface area (Å²) in [5.41, 5.74) is 0. The average molecular weight is 323 g/mol. The van der Waals surface area contributed by atoms with Gasteiger partial charge in [-0.3, -0.25) is 4.90 Å². The lowest BCUT2D eigenvalue weighted by molar-refractivity contribution is 0.154. The van der Waals surface area contributed by atoms with Crippen LogP contribution < -0.4 is 0 Å². The smallest absolute Gasteiger partial charge is 0.252 e. The second-order valence-electron chi connectivity index (χ2n) is 4.89. The lowest BCUT2D eigenvalue weighted by atomic mass is 10.3. The van der Waals surface area contributed by atoms with E-state index in [0.29, 0.717) is 29.2 Å². The molecule has 2 heterocycles. The van der Waals surface area contributed by atoms with Gasteiger partial charge in [-0.05, 0) is 26.0 Å². The van der Waals surface area contributed by atoms with E-state index in [-0.39, 0.29) is 0 Å². The quantitative estimate of drug-likeness (QED) is 0.798. The molecule has 0 unspecified atom stereocenters. The minimum Gasteiger partial charge on any atom is -0.298 e. The van der Waals surface area contributed by atoms with Crippen molar-refractivity contribution in [1.29, 1.82) is 0 Å². The fourth-order valence-electron chi connectivity index (χ4n) is 2.16. The number of hydrogen-bond donors (Lipinski definition) is 0. The summed E-state index contributed by atoms with van der Waals surface area (Å²) in [6, 6.07) is 3.91. The molecule has 2 rings (SSSR count). The van der Waals surface area contributed by atoms with Gasteiger partial charge in [0.1, 0.15) is 4.21 Å². The van der Waals surface area contributed by atoms with E-state index in [4.69, 9.17) is 11.6 Å². The summed E-state index contributed by atoms with van der Waals surface area (Å²) in [6.45, 7) is 6.99. The summed E-state index contributed by atoms with van der Waals surface area (Å²) in [7, 11) is -3.33. The lowest BCUT2D eigenvalue weighted by Crippen LogP contribution is -2.50. The molecule has 0 N–H and O–H groups in total. The van der Waals surface area contributed by atoms with E-state index in [2.05, 4.69) is 18.7 Å². The van der Waals surface area contributed by atoms with Crippen LogP contribution in [0.3, 0.4) is 0 Å². The van der Waals surface area contributed by atoms with Crippen molar-refractivity contribution in [3.63, 3.8) is 0 Å². The number of thiophene rings is 1. The van der Waals surface area contributed by atoms with Crippen molar-refractivity contribution in [2.45, 2.75) is 30.0 Å². The predicted molar refractivity (Wildman–Crippen MR) is 79.3 cm³/mol. The van der Waals surface area contributed by atoms with Gasteiger partial charge >= 0.3 is 0 Å². The van der Waals surface area contributed by atoms with Gasteiger partial charge in [0.2, 0.25) is 0 Å². The largest absolute Gasteiger partial charge is 0.298 e. The maximum atomic E-state index is 12.5. The Bertz CT molecular complexity index is 520. The Morgan fingerprint density at radius 3 is 2.37 bits per heavy atom. The van der Waals surface area contributed by atoms with Crippen LogP contribution >= 0.6 is 22.9 Å². The molecule has 4 nitrogen and oxygen atoms in total. The van der Waals surface area contributed by atoms with Gasteiger partial charge in [0.05, 0.1) is 5.88 Å². The summed E-state index contributed by atoms with van der Waals surface area (Å²) in [5.74, 6) is 0.362. The molecule has 7 heteroatoms. The molecule has 0 aliphatic carbocycles. The molecule has 1 fully saturated rings. The fraction of sp³-hybridized carbons (Fsp3) is 0.667. The maximum absolute atomic E-state index is 12.5. The number of halogens is 1. The highest BCUT2D eigenvalue weighted by Crippen LogP contribution is 2.26. The number of alkyl halides is 1. The zero-order chi connectivity index (χ0) is 14.0. The highest BCUT2D eigenvalue weighted by Gasteiger charge is 2.30. The van der Waals surface area contributed by atoms with E-state index in [9.17, 15) is 8.42 Å². The number of hydrogen-bond acceptors (Lipinski definition) is 4. The number of piperazine rings is 1. The molecule has 1 aliphatic heterocycles. The van der Waals surface area contributed by atoms with E-state index in [1.807, 2.05) is 0 Å². The van der Waals surface area contributed by atoms with Crippen LogP contribution in [-0.4, -0.2) is 49.8 Å². The van der Waals surface area contributed by atoms with Gasteiger partial charge in [-0.1, -0.05) is 0 Å². The molecule has 1 aromatic rings. The second kappa shape index (κ2) is 6.10. The first-order chi connectivity index (χ1) is 8.95. The highest BCUT2D eigenvalue weighted by molar-refractivity contribution is 7.91. The molecule has 1 aliphatic rings. The first-order valence-corrected chi connectivity index (χ1v) is 9.13. The molecule has 0 radical (unpaired) electrons. The van der Waals surface area contributed by atoms with Crippen LogP contribution in [0.1, 0.15) is 18.7 Å². The molecule has 0 bridgehead atoms. The fourth-order valence-corrected chi connectivity index (χ4v) is 5.19. The molecule has 0 aromatic carbocycles. The van der Waals surface area contributed by atoms with E-state index >= 15 is 0 Å². The zero-order valence-corrected chi connectivity index (χ0v) is 13.6. The Hall–Kier alpha value is -0.140. The van der Waals surface area contributed by atoms with Gasteiger partial charge < -0.3 is 0 Å². The minimum atomic E-state index is -3.33. The van der Waals surface area contributed by atoms with Crippen molar-refractivity contribution >= 4 is 33.0 Å². The molecule has 1 saturated heterocycles. The van der Waals surface area contributed by atoms with Crippen LogP contribution in [-0.2, 0) is 15.9 Å². The third kappa shape index (κ3) is 3.31. The molecular weight excluding hydrogens is 304 g/mol. The van der Waals surface area contributed by atoms with Crippen molar-refractivity contribution < 1.29 is 8.42 Å². The third-order valence-corrected chi connectivity index (χ3v) is 7.26. The summed E-state index contributed by atoms with van der Waals surface area (Å²) >= 11 is 6.99. The van der Waals surface area contributed by atoms with Gasteiger partial charge in [0.15, 0.2) is 0 Å². The molecule has 0 saturated carbocycles. The second-order valence-corrected chi connectivity index (χ2v) is 8.49. The standard InChI is InChI=1S/C12H19ClN2O2S2/c1-10(2)14-5-7-15(8-6-14)19(16,17)12-4-3-11(9-13)18-12/h3-4,10H,5-9H2,1-2H3. The van der Waals surface area contributed by atoms with Gasteiger partial charge in [0.25, 0.3) is 10.0 Å². The molecule has 108 valence electrons. The Morgan fingerprint density at radius 2 is 1.89 bits per heavy atom. The van der Waals surface area contributed by atoms with Gasteiger partial charge in [-0.2, -0.15) is 4.31 Å². The van der Waals surface area contributed by atoms with Crippen molar-refractivity contribution in [1.82, 2.24) is 9.21 Å². The lowest BCUT2D eigenvalue weighted by Gasteiger charge is -2.35. The van der Waals surface area contributed by atoms with Crippen LogP contribution in [0, 0.1) is 0 Å². The summed E-state index contributed by atoms with van der Waals surface area (Å²) in [5, 5.41) is 0. The van der Waals surface area contributed by atoms with Crippen molar-refractivity contribution in [2.24, 2.45) is 0 Å². The Morgan fingerprint density at radius 1 is 1.26 bits per heavy atom. The van der Waals surface area contributed by atoms with Crippen LogP contribution in [0.5, 0.6) is 0 Å². The van der Waals surface area contributed by atoms with Crippen LogP contribution in [0.2, 0.25) is 0 Å². The molecule has 1 aromatic heterocycles. The third-order valence-electron chi connectivity index (χ3n) is 3.37. The van der Waals surface area contributed by atoms with Gasteiger partial charge in [-0.25, -0.2) is 8.42 Å². The number of nitrogens with zero attached hydrogens (tertiary/aromatic N) is 2. The van der Waals surface area contributed by atoms with Crippen molar-refractivity contribution in [3.8, 4) is 0 Å². The highest BCUT2D eigenvalue weighted by atomic mass is 35.5. The van der Waals surface area contributed by atoms with Crippen LogP contribution in [0.25, 0.3) is 0 Å². The molecule has 0 spiro atoms. The topological polar surface area (TPSA) is 40.6 Å². The summed E-state index contributed by atoms with van der Waals surface area (Å²) in [4.78, 5) is 3.19. The molecule has 0 amide bonds. The molecule has 19 heavy (non-hydrogen) atoms. The van der Waals surface area contributed by atoms with E-state index in [1.165, 1.54) is 11.3 Å². The maximum Gasteiger partial charge on any atom is 0.252 e. The predicted octanol–water partition coefficient (Wildman–Crippen LogP) is 2.20. The SMILES string of the molecule is CC(C)N1CCN(S(=O)(=O)c2ccc(CCl)s2)CC1. The zero-order valence-electron chi connectivity index (χ0n) is 11.2. The number of rotatable bonds is 4. The van der Waals surface area contributed by atoms with Crippen molar-refractivity contribution in [2.75, 3.05) is 26.2 Å². The van der Waals surface area contributed by atoms with Crippen molar-refractivity contribution in [3.05, 3.63) is 17.0 Å². The normalized spacial score (nSPS) is 19.2. The molecule has 0 atom stereocenters. The summed E-state index contributed by atoms with van der Waals surface area (Å²) < 4.78 is 26.9. The van der Waals surface area contributed by atoms with Crippen LogP contribution in [0.4, 0.5) is 0 Å². The van der Waals surface area contributed by atoms with Gasteiger partial charge in [-0.15, -0.1) is 22.9 Å². The Balaban J connectivity index is 2.09. The number of sulfonamides is 1. The molecular formula is C12H19ClN2O2S2. The average Bonchev–Trinajstić information content (AvgIpc) is 2.88. The monoisotopic (exact) mass is 322 g/mol. The van der Waals surface area contributed by atoms with Gasteiger partial charge in [0, 0.05) is 37.1 Å². The Kier molecular flexibility index (Phi) is 4.89. The van der Waals surface area contributed by atoms with Crippen LogP contribution in [0.15, 0.2) is 16.3 Å². The first kappa shape index (κ1) is 15.3. The van der Waals surface area contributed by atoms with E-state index in [1.54, 1.807) is 16.4 Å². The van der Waals surface area contributed by atoms with E-state index in [0.717, 1.165) is 18.0 Å². The Labute approximate surface area is 124 Å².